The fourth-order valence-electron chi connectivity index (χ4n) is 2.47. The molecule has 0 unspecified atom stereocenters. The van der Waals surface area contributed by atoms with Crippen molar-refractivity contribution in [1.82, 2.24) is 5.16 Å². The van der Waals surface area contributed by atoms with Crippen LogP contribution in [0.5, 0.6) is 11.5 Å². The van der Waals surface area contributed by atoms with Gasteiger partial charge in [0.05, 0.1) is 6.26 Å². The van der Waals surface area contributed by atoms with Crippen LogP contribution in [0.15, 0.2) is 88.0 Å². The number of hydrogen-bond acceptors (Lipinski definition) is 6. The van der Waals surface area contributed by atoms with Crippen LogP contribution in [-0.2, 0) is 11.3 Å². The van der Waals surface area contributed by atoms with Crippen molar-refractivity contribution >= 4 is 5.97 Å². The minimum Gasteiger partial charge on any atom is -0.461 e. The minimum atomic E-state index is -0.510. The smallest absolute Gasteiger partial charge is 0.342 e. The van der Waals surface area contributed by atoms with E-state index in [9.17, 15) is 4.79 Å². The molecule has 0 radical (unpaired) electrons. The number of carbonyl (C=O) groups is 1. The first-order valence-electron chi connectivity index (χ1n) is 8.28. The van der Waals surface area contributed by atoms with E-state index in [0.29, 0.717) is 34.3 Å². The van der Waals surface area contributed by atoms with Gasteiger partial charge in [-0.2, -0.15) is 0 Å². The highest BCUT2D eigenvalue weighted by molar-refractivity contribution is 5.92. The topological polar surface area (TPSA) is 74.7 Å². The zero-order valence-corrected chi connectivity index (χ0v) is 14.2. The van der Waals surface area contributed by atoms with E-state index in [-0.39, 0.29) is 6.61 Å². The molecule has 0 aliphatic heterocycles. The standard InChI is InChI=1S/C21H15NO5/c23-21(25-14-15-13-20(27-22-15)19-11-6-12-24-19)17-9-4-5-10-18(17)26-16-7-2-1-3-8-16/h1-13H,14H2. The van der Waals surface area contributed by atoms with Crippen molar-refractivity contribution < 1.29 is 23.2 Å². The van der Waals surface area contributed by atoms with E-state index in [2.05, 4.69) is 5.16 Å². The van der Waals surface area contributed by atoms with Crippen molar-refractivity contribution in [1.29, 1.82) is 0 Å². The van der Waals surface area contributed by atoms with Gasteiger partial charge in [0.2, 0.25) is 5.76 Å². The highest BCUT2D eigenvalue weighted by Crippen LogP contribution is 2.26. The Hall–Kier alpha value is -3.80. The minimum absolute atomic E-state index is 0.0251. The molecule has 0 saturated heterocycles. The molecule has 0 bridgehead atoms. The highest BCUT2D eigenvalue weighted by atomic mass is 16.5. The lowest BCUT2D eigenvalue weighted by Crippen LogP contribution is -2.07. The second kappa shape index (κ2) is 7.61. The van der Waals surface area contributed by atoms with E-state index in [1.165, 1.54) is 0 Å². The summed E-state index contributed by atoms with van der Waals surface area (Å²) < 4.78 is 21.6. The molecular formula is C21H15NO5. The first-order chi connectivity index (χ1) is 13.3. The normalized spacial score (nSPS) is 10.5. The molecule has 0 atom stereocenters. The number of para-hydroxylation sites is 2. The van der Waals surface area contributed by atoms with Gasteiger partial charge < -0.3 is 18.4 Å². The van der Waals surface area contributed by atoms with Crippen molar-refractivity contribution in [2.24, 2.45) is 0 Å². The zero-order valence-electron chi connectivity index (χ0n) is 14.2. The molecule has 0 spiro atoms. The molecule has 0 N–H and O–H groups in total. The Kier molecular flexibility index (Phi) is 4.70. The number of ether oxygens (including phenoxy) is 2. The summed E-state index contributed by atoms with van der Waals surface area (Å²) in [5, 5.41) is 3.88. The lowest BCUT2D eigenvalue weighted by atomic mass is 10.2. The van der Waals surface area contributed by atoms with Crippen LogP contribution < -0.4 is 4.74 Å². The van der Waals surface area contributed by atoms with Gasteiger partial charge in [-0.15, -0.1) is 0 Å². The molecule has 134 valence electrons. The molecule has 6 heteroatoms. The summed E-state index contributed by atoms with van der Waals surface area (Å²) in [6, 6.07) is 21.3. The number of hydrogen-bond donors (Lipinski definition) is 0. The van der Waals surface area contributed by atoms with Crippen molar-refractivity contribution in [3.05, 3.63) is 90.3 Å². The lowest BCUT2D eigenvalue weighted by molar-refractivity contribution is 0.0461. The van der Waals surface area contributed by atoms with Crippen LogP contribution >= 0.6 is 0 Å². The number of furan rings is 1. The van der Waals surface area contributed by atoms with Gasteiger partial charge in [0.15, 0.2) is 5.76 Å². The Labute approximate surface area is 154 Å². The largest absolute Gasteiger partial charge is 0.461 e. The second-order valence-corrected chi connectivity index (χ2v) is 5.65. The lowest BCUT2D eigenvalue weighted by Gasteiger charge is -2.10. The number of carbonyl (C=O) groups excluding carboxylic acids is 1. The monoisotopic (exact) mass is 361 g/mol. The first-order valence-corrected chi connectivity index (χ1v) is 8.28. The molecule has 2 aromatic carbocycles. The second-order valence-electron chi connectivity index (χ2n) is 5.65. The number of benzene rings is 2. The fourth-order valence-corrected chi connectivity index (χ4v) is 2.47. The molecule has 27 heavy (non-hydrogen) atoms. The number of aromatic nitrogens is 1. The summed E-state index contributed by atoms with van der Waals surface area (Å²) in [6.07, 6.45) is 1.54. The van der Waals surface area contributed by atoms with Gasteiger partial charge in [-0.3, -0.25) is 0 Å². The summed E-state index contributed by atoms with van der Waals surface area (Å²) in [5.41, 5.74) is 0.812. The molecule has 2 aromatic heterocycles. The third-order valence-corrected chi connectivity index (χ3v) is 3.75. The quantitative estimate of drug-likeness (QED) is 0.446. The summed E-state index contributed by atoms with van der Waals surface area (Å²) in [4.78, 5) is 12.5. The van der Waals surface area contributed by atoms with E-state index in [1.54, 1.807) is 48.7 Å². The predicted molar refractivity (Wildman–Crippen MR) is 96.3 cm³/mol. The Bertz CT molecular complexity index is 1020. The Balaban J connectivity index is 1.44. The zero-order chi connectivity index (χ0) is 18.5. The maximum atomic E-state index is 12.5. The molecule has 6 nitrogen and oxygen atoms in total. The molecule has 0 aliphatic carbocycles. The third kappa shape index (κ3) is 3.90. The molecular weight excluding hydrogens is 346 g/mol. The van der Waals surface area contributed by atoms with E-state index in [0.717, 1.165) is 0 Å². The van der Waals surface area contributed by atoms with Crippen LogP contribution in [-0.4, -0.2) is 11.1 Å². The molecule has 0 aliphatic rings. The van der Waals surface area contributed by atoms with E-state index < -0.39 is 5.97 Å². The summed E-state index contributed by atoms with van der Waals surface area (Å²) in [6.45, 7) is -0.0251. The molecule has 0 fully saturated rings. The molecule has 4 rings (SSSR count). The molecule has 4 aromatic rings. The summed E-state index contributed by atoms with van der Waals surface area (Å²) in [5.74, 6) is 1.58. The Morgan fingerprint density at radius 3 is 2.56 bits per heavy atom. The van der Waals surface area contributed by atoms with Crippen LogP contribution in [0.25, 0.3) is 11.5 Å². The van der Waals surface area contributed by atoms with Crippen molar-refractivity contribution in [3.63, 3.8) is 0 Å². The van der Waals surface area contributed by atoms with Crippen LogP contribution in [0.2, 0.25) is 0 Å². The van der Waals surface area contributed by atoms with Crippen molar-refractivity contribution in [3.8, 4) is 23.0 Å². The Morgan fingerprint density at radius 1 is 0.926 bits per heavy atom. The van der Waals surface area contributed by atoms with Crippen LogP contribution in [0.4, 0.5) is 0 Å². The SMILES string of the molecule is O=C(OCc1cc(-c2ccco2)on1)c1ccccc1Oc1ccccc1. The predicted octanol–water partition coefficient (Wildman–Crippen LogP) is 5.08. The first kappa shape index (κ1) is 16.7. The van der Waals surface area contributed by atoms with E-state index in [4.69, 9.17) is 18.4 Å². The van der Waals surface area contributed by atoms with Crippen LogP contribution in [0.3, 0.4) is 0 Å². The van der Waals surface area contributed by atoms with Gasteiger partial charge in [-0.05, 0) is 36.4 Å². The van der Waals surface area contributed by atoms with Crippen LogP contribution in [0.1, 0.15) is 16.1 Å². The number of esters is 1. The van der Waals surface area contributed by atoms with Crippen molar-refractivity contribution in [2.45, 2.75) is 6.61 Å². The van der Waals surface area contributed by atoms with Gasteiger partial charge in [0.1, 0.15) is 29.4 Å². The number of nitrogens with zero attached hydrogens (tertiary/aromatic N) is 1. The third-order valence-electron chi connectivity index (χ3n) is 3.75. The fraction of sp³-hybridized carbons (Fsp3) is 0.0476. The van der Waals surface area contributed by atoms with Gasteiger partial charge in [0.25, 0.3) is 0 Å². The Morgan fingerprint density at radius 2 is 1.74 bits per heavy atom. The maximum Gasteiger partial charge on any atom is 0.342 e. The molecule has 0 amide bonds. The van der Waals surface area contributed by atoms with E-state index >= 15 is 0 Å². The van der Waals surface area contributed by atoms with Gasteiger partial charge in [-0.1, -0.05) is 35.5 Å². The van der Waals surface area contributed by atoms with Gasteiger partial charge in [-0.25, -0.2) is 4.79 Å². The summed E-state index contributed by atoms with van der Waals surface area (Å²) in [7, 11) is 0. The van der Waals surface area contributed by atoms with Gasteiger partial charge >= 0.3 is 5.97 Å². The van der Waals surface area contributed by atoms with Crippen LogP contribution in [0, 0.1) is 0 Å². The number of rotatable bonds is 6. The average molecular weight is 361 g/mol. The highest BCUT2D eigenvalue weighted by Gasteiger charge is 2.16. The van der Waals surface area contributed by atoms with Gasteiger partial charge in [0, 0.05) is 6.07 Å². The van der Waals surface area contributed by atoms with Crippen molar-refractivity contribution in [2.75, 3.05) is 0 Å². The maximum absolute atomic E-state index is 12.5. The van der Waals surface area contributed by atoms with E-state index in [1.807, 2.05) is 30.3 Å². The average Bonchev–Trinajstić information content (AvgIpc) is 3.39. The molecule has 0 saturated carbocycles. The molecule has 2 heterocycles. The summed E-state index contributed by atoms with van der Waals surface area (Å²) >= 11 is 0.